The highest BCUT2D eigenvalue weighted by Gasteiger charge is 2.05. The summed E-state index contributed by atoms with van der Waals surface area (Å²) in [5.74, 6) is 7.99. The average Bonchev–Trinajstić information content (AvgIpc) is 2.47. The summed E-state index contributed by atoms with van der Waals surface area (Å²) in [5.41, 5.74) is 0.711. The Hall–Kier alpha value is -2.62. The number of terminal acetylenes is 1. The number of hydrogen-bond donors (Lipinski definition) is 1. The summed E-state index contributed by atoms with van der Waals surface area (Å²) >= 11 is 0. The number of hydrogen-bond acceptors (Lipinski definition) is 3. The molecule has 3 heteroatoms. The Balaban J connectivity index is 0.000000217. The highest BCUT2D eigenvalue weighted by molar-refractivity contribution is 5.33. The van der Waals surface area contributed by atoms with Gasteiger partial charge in [-0.05, 0) is 38.1 Å². The van der Waals surface area contributed by atoms with Crippen LogP contribution in [0.1, 0.15) is 25.0 Å². The lowest BCUT2D eigenvalue weighted by molar-refractivity contribution is 0.143. The van der Waals surface area contributed by atoms with Crippen LogP contribution < -0.4 is 0 Å². The van der Waals surface area contributed by atoms with E-state index in [1.54, 1.807) is 38.6 Å². The minimum absolute atomic E-state index is 0.819. The first kappa shape index (κ1) is 15.4. The number of aromatic nitrogens is 2. The fourth-order valence-electron chi connectivity index (χ4n) is 1.11. The summed E-state index contributed by atoms with van der Waals surface area (Å²) in [6, 6.07) is 7.32. The summed E-state index contributed by atoms with van der Waals surface area (Å²) in [6.45, 7) is 3.30. The molecule has 0 radical (unpaired) electrons. The van der Waals surface area contributed by atoms with E-state index in [1.165, 1.54) is 0 Å². The van der Waals surface area contributed by atoms with Crippen molar-refractivity contribution in [3.05, 3.63) is 60.2 Å². The monoisotopic (exact) mass is 264 g/mol. The Morgan fingerprint density at radius 2 is 1.60 bits per heavy atom. The molecule has 0 fully saturated rings. The largest absolute Gasteiger partial charge is 0.378 e. The molecule has 0 aliphatic carbocycles. The van der Waals surface area contributed by atoms with E-state index in [-0.39, 0.29) is 0 Å². The van der Waals surface area contributed by atoms with E-state index in [2.05, 4.69) is 27.7 Å². The van der Waals surface area contributed by atoms with Gasteiger partial charge in [-0.3, -0.25) is 9.97 Å². The first-order valence-electron chi connectivity index (χ1n) is 6.03. The van der Waals surface area contributed by atoms with E-state index in [9.17, 15) is 5.11 Å². The van der Waals surface area contributed by atoms with Gasteiger partial charge in [0.15, 0.2) is 0 Å². The molecule has 0 saturated carbocycles. The highest BCUT2D eigenvalue weighted by Crippen LogP contribution is 1.99. The average molecular weight is 264 g/mol. The van der Waals surface area contributed by atoms with Crippen LogP contribution in [0.2, 0.25) is 0 Å². The number of rotatable bonds is 0. The third-order valence-corrected chi connectivity index (χ3v) is 2.00. The van der Waals surface area contributed by atoms with Crippen LogP contribution in [0.25, 0.3) is 0 Å². The second kappa shape index (κ2) is 7.74. The maximum Gasteiger partial charge on any atom is 0.120 e. The van der Waals surface area contributed by atoms with Crippen LogP contribution in [0.15, 0.2) is 49.1 Å². The zero-order valence-corrected chi connectivity index (χ0v) is 11.5. The minimum Gasteiger partial charge on any atom is -0.378 e. The van der Waals surface area contributed by atoms with Crippen molar-refractivity contribution in [1.29, 1.82) is 0 Å². The molecule has 0 aliphatic heterocycles. The third kappa shape index (κ3) is 6.96. The van der Waals surface area contributed by atoms with Gasteiger partial charge in [0, 0.05) is 35.9 Å². The fourth-order valence-corrected chi connectivity index (χ4v) is 1.11. The van der Waals surface area contributed by atoms with Gasteiger partial charge in [-0.1, -0.05) is 17.8 Å². The quantitative estimate of drug-likeness (QED) is 0.742. The van der Waals surface area contributed by atoms with Crippen molar-refractivity contribution in [3.8, 4) is 24.2 Å². The van der Waals surface area contributed by atoms with Crippen molar-refractivity contribution in [2.45, 2.75) is 19.4 Å². The topological polar surface area (TPSA) is 46.0 Å². The molecule has 0 aliphatic rings. The Labute approximate surface area is 119 Å². The van der Waals surface area contributed by atoms with Gasteiger partial charge in [0.25, 0.3) is 0 Å². The molecule has 100 valence electrons. The summed E-state index contributed by atoms with van der Waals surface area (Å²) < 4.78 is 0. The smallest absolute Gasteiger partial charge is 0.120 e. The van der Waals surface area contributed by atoms with E-state index in [0.717, 1.165) is 11.1 Å². The van der Waals surface area contributed by atoms with E-state index in [4.69, 9.17) is 6.42 Å². The SMILES string of the molecule is C#Cc1cccnc1.CC(C)(O)C#Cc1cccnc1. The molecular formula is C17H16N2O. The number of pyridine rings is 2. The third-order valence-electron chi connectivity index (χ3n) is 2.00. The lowest BCUT2D eigenvalue weighted by atomic mass is 10.1. The van der Waals surface area contributed by atoms with Gasteiger partial charge in [0.1, 0.15) is 5.60 Å². The van der Waals surface area contributed by atoms with Crippen LogP contribution in [-0.2, 0) is 0 Å². The van der Waals surface area contributed by atoms with E-state index in [0.29, 0.717) is 0 Å². The van der Waals surface area contributed by atoms with Gasteiger partial charge >= 0.3 is 0 Å². The second-order valence-corrected chi connectivity index (χ2v) is 4.44. The summed E-state index contributed by atoms with van der Waals surface area (Å²) in [4.78, 5) is 7.71. The predicted molar refractivity (Wildman–Crippen MR) is 79.6 cm³/mol. The summed E-state index contributed by atoms with van der Waals surface area (Å²) in [7, 11) is 0. The van der Waals surface area contributed by atoms with Gasteiger partial charge in [-0.15, -0.1) is 6.42 Å². The van der Waals surface area contributed by atoms with Crippen molar-refractivity contribution in [3.63, 3.8) is 0 Å². The van der Waals surface area contributed by atoms with Crippen molar-refractivity contribution >= 4 is 0 Å². The molecule has 0 saturated heterocycles. The molecule has 0 unspecified atom stereocenters. The molecule has 2 rings (SSSR count). The lowest BCUT2D eigenvalue weighted by Gasteiger charge is -2.05. The summed E-state index contributed by atoms with van der Waals surface area (Å²) in [5, 5.41) is 9.28. The molecule has 0 atom stereocenters. The summed E-state index contributed by atoms with van der Waals surface area (Å²) in [6.07, 6.45) is 11.8. The van der Waals surface area contributed by atoms with Crippen LogP contribution >= 0.6 is 0 Å². The molecular weight excluding hydrogens is 248 g/mol. The molecule has 0 amide bonds. The van der Waals surface area contributed by atoms with Crippen molar-refractivity contribution in [2.24, 2.45) is 0 Å². The molecule has 0 aromatic carbocycles. The lowest BCUT2D eigenvalue weighted by Crippen LogP contribution is -2.14. The number of nitrogens with zero attached hydrogens (tertiary/aromatic N) is 2. The second-order valence-electron chi connectivity index (χ2n) is 4.44. The number of aliphatic hydroxyl groups is 1. The standard InChI is InChI=1S/C10H11NO.C7H5N/c1-10(2,12)6-5-9-4-3-7-11-8-9;1-2-7-4-3-5-8-6-7/h3-4,7-8,12H,1-2H3;1,3-6H. The van der Waals surface area contributed by atoms with Crippen LogP contribution in [0.3, 0.4) is 0 Å². The molecule has 2 aromatic heterocycles. The fraction of sp³-hybridized carbons (Fsp3) is 0.176. The molecule has 20 heavy (non-hydrogen) atoms. The van der Waals surface area contributed by atoms with Crippen molar-refractivity contribution in [1.82, 2.24) is 9.97 Å². The van der Waals surface area contributed by atoms with Crippen LogP contribution in [0.5, 0.6) is 0 Å². The Kier molecular flexibility index (Phi) is 5.97. The van der Waals surface area contributed by atoms with Crippen LogP contribution in [-0.4, -0.2) is 20.7 Å². The van der Waals surface area contributed by atoms with Gasteiger partial charge < -0.3 is 5.11 Å². The van der Waals surface area contributed by atoms with E-state index < -0.39 is 5.60 Å². The predicted octanol–water partition coefficient (Wildman–Crippen LogP) is 2.27. The first-order valence-corrected chi connectivity index (χ1v) is 6.03. The van der Waals surface area contributed by atoms with Gasteiger partial charge in [-0.25, -0.2) is 0 Å². The molecule has 0 bridgehead atoms. The molecule has 0 spiro atoms. The van der Waals surface area contributed by atoms with Gasteiger partial charge in [0.05, 0.1) is 0 Å². The molecule has 2 heterocycles. The Morgan fingerprint density at radius 1 is 1.05 bits per heavy atom. The van der Waals surface area contributed by atoms with Crippen molar-refractivity contribution < 1.29 is 5.11 Å². The molecule has 1 N–H and O–H groups in total. The maximum absolute atomic E-state index is 9.28. The Bertz CT molecular complexity index is 611. The maximum atomic E-state index is 9.28. The normalized spacial score (nSPS) is 9.30. The zero-order chi connectivity index (χ0) is 14.8. The van der Waals surface area contributed by atoms with Crippen molar-refractivity contribution in [2.75, 3.05) is 0 Å². The first-order chi connectivity index (χ1) is 9.51. The van der Waals surface area contributed by atoms with E-state index >= 15 is 0 Å². The zero-order valence-electron chi connectivity index (χ0n) is 11.5. The van der Waals surface area contributed by atoms with Gasteiger partial charge in [-0.2, -0.15) is 0 Å². The van der Waals surface area contributed by atoms with Crippen LogP contribution in [0.4, 0.5) is 0 Å². The van der Waals surface area contributed by atoms with Crippen LogP contribution in [0, 0.1) is 24.2 Å². The van der Waals surface area contributed by atoms with Gasteiger partial charge in [0.2, 0.25) is 0 Å². The Morgan fingerprint density at radius 3 is 1.95 bits per heavy atom. The molecule has 2 aromatic rings. The molecule has 3 nitrogen and oxygen atoms in total. The minimum atomic E-state index is -0.935. The highest BCUT2D eigenvalue weighted by atomic mass is 16.3. The van der Waals surface area contributed by atoms with E-state index in [1.807, 2.05) is 24.3 Å².